The van der Waals surface area contributed by atoms with Crippen molar-refractivity contribution in [2.45, 2.75) is 38.5 Å². The van der Waals surface area contributed by atoms with Crippen molar-refractivity contribution in [1.29, 1.82) is 0 Å². The van der Waals surface area contributed by atoms with Crippen LogP contribution in [0.25, 0.3) is 0 Å². The number of nitrogens with zero attached hydrogens (tertiary/aromatic N) is 1. The highest BCUT2D eigenvalue weighted by molar-refractivity contribution is 5.71. The third-order valence-electron chi connectivity index (χ3n) is 3.11. The number of carbonyl (C=O) groups excluding carboxylic acids is 1. The molecule has 0 aliphatic carbocycles. The highest BCUT2D eigenvalue weighted by Gasteiger charge is 2.36. The summed E-state index contributed by atoms with van der Waals surface area (Å²) in [5.74, 6) is 0. The Balaban J connectivity index is 2.24. The van der Waals surface area contributed by atoms with E-state index in [1.165, 1.54) is 0 Å². The third kappa shape index (κ3) is 3.20. The summed E-state index contributed by atoms with van der Waals surface area (Å²) in [4.78, 5) is 14.0. The number of aliphatic hydroxyl groups is 1. The molecule has 0 radical (unpaired) electrons. The summed E-state index contributed by atoms with van der Waals surface area (Å²) < 4.78 is 5.44. The maximum atomic E-state index is 12.4. The maximum absolute atomic E-state index is 12.4. The molecule has 1 N–H and O–H groups in total. The SMILES string of the molecule is CC(C)(C)OC(=O)N1[C@H](CO)C=C[C@H]1c1ccccc1. The van der Waals surface area contributed by atoms with Crippen molar-refractivity contribution in [3.8, 4) is 0 Å². The minimum absolute atomic E-state index is 0.112. The van der Waals surface area contributed by atoms with Crippen LogP contribution in [0.5, 0.6) is 0 Å². The van der Waals surface area contributed by atoms with Gasteiger partial charge in [-0.25, -0.2) is 4.79 Å². The van der Waals surface area contributed by atoms with E-state index in [-0.39, 0.29) is 18.7 Å². The molecule has 1 heterocycles. The lowest BCUT2D eigenvalue weighted by molar-refractivity contribution is 0.0114. The van der Waals surface area contributed by atoms with Gasteiger partial charge in [0.1, 0.15) is 5.60 Å². The van der Waals surface area contributed by atoms with E-state index < -0.39 is 11.7 Å². The molecular formula is C16H21NO3. The molecule has 0 saturated heterocycles. The zero-order valence-electron chi connectivity index (χ0n) is 12.1. The van der Waals surface area contributed by atoms with Gasteiger partial charge in [0.15, 0.2) is 0 Å². The molecule has 1 aliphatic heterocycles. The van der Waals surface area contributed by atoms with E-state index in [1.54, 1.807) is 4.90 Å². The Kier molecular flexibility index (Phi) is 4.14. The average molecular weight is 275 g/mol. The number of amides is 1. The van der Waals surface area contributed by atoms with Crippen molar-refractivity contribution in [2.24, 2.45) is 0 Å². The highest BCUT2D eigenvalue weighted by Crippen LogP contribution is 2.31. The molecule has 4 nitrogen and oxygen atoms in total. The lowest BCUT2D eigenvalue weighted by atomic mass is 10.1. The van der Waals surface area contributed by atoms with Crippen LogP contribution in [0.1, 0.15) is 32.4 Å². The van der Waals surface area contributed by atoms with Crippen LogP contribution >= 0.6 is 0 Å². The molecule has 0 spiro atoms. The fraction of sp³-hybridized carbons (Fsp3) is 0.438. The van der Waals surface area contributed by atoms with E-state index in [1.807, 2.05) is 63.3 Å². The van der Waals surface area contributed by atoms with Gasteiger partial charge in [0.2, 0.25) is 0 Å². The smallest absolute Gasteiger partial charge is 0.411 e. The number of carbonyl (C=O) groups is 1. The van der Waals surface area contributed by atoms with Crippen LogP contribution in [-0.4, -0.2) is 34.3 Å². The van der Waals surface area contributed by atoms with Crippen molar-refractivity contribution in [1.82, 2.24) is 4.90 Å². The molecule has 1 amide bonds. The van der Waals surface area contributed by atoms with Gasteiger partial charge >= 0.3 is 6.09 Å². The molecule has 0 fully saturated rings. The summed E-state index contributed by atoms with van der Waals surface area (Å²) in [6.45, 7) is 5.39. The Hall–Kier alpha value is -1.81. The molecule has 0 saturated carbocycles. The minimum Gasteiger partial charge on any atom is -0.444 e. The van der Waals surface area contributed by atoms with Crippen molar-refractivity contribution >= 4 is 6.09 Å². The molecule has 0 bridgehead atoms. The molecule has 1 aliphatic rings. The zero-order valence-corrected chi connectivity index (χ0v) is 12.1. The van der Waals surface area contributed by atoms with Crippen LogP contribution in [0.2, 0.25) is 0 Å². The highest BCUT2D eigenvalue weighted by atomic mass is 16.6. The van der Waals surface area contributed by atoms with Crippen molar-refractivity contribution in [2.75, 3.05) is 6.61 Å². The predicted molar refractivity (Wildman–Crippen MR) is 77.3 cm³/mol. The van der Waals surface area contributed by atoms with Crippen LogP contribution in [0, 0.1) is 0 Å². The van der Waals surface area contributed by atoms with Gasteiger partial charge in [-0.05, 0) is 26.3 Å². The van der Waals surface area contributed by atoms with Crippen molar-refractivity contribution in [3.05, 3.63) is 48.0 Å². The van der Waals surface area contributed by atoms with Crippen LogP contribution < -0.4 is 0 Å². The normalized spacial score (nSPS) is 22.1. The maximum Gasteiger partial charge on any atom is 0.411 e. The number of aliphatic hydroxyl groups excluding tert-OH is 1. The number of rotatable bonds is 2. The lowest BCUT2D eigenvalue weighted by Gasteiger charge is -2.32. The van der Waals surface area contributed by atoms with E-state index in [0.717, 1.165) is 5.56 Å². The molecule has 4 heteroatoms. The Bertz CT molecular complexity index is 490. The van der Waals surface area contributed by atoms with Gasteiger partial charge in [-0.15, -0.1) is 0 Å². The Morgan fingerprint density at radius 1 is 1.25 bits per heavy atom. The van der Waals surface area contributed by atoms with Gasteiger partial charge in [0, 0.05) is 0 Å². The van der Waals surface area contributed by atoms with Gasteiger partial charge in [-0.1, -0.05) is 42.5 Å². The first-order chi connectivity index (χ1) is 9.42. The van der Waals surface area contributed by atoms with Crippen LogP contribution in [-0.2, 0) is 4.74 Å². The second kappa shape index (κ2) is 5.67. The molecular weight excluding hydrogens is 254 g/mol. The molecule has 2 rings (SSSR count). The molecule has 108 valence electrons. The van der Waals surface area contributed by atoms with E-state index in [0.29, 0.717) is 0 Å². The van der Waals surface area contributed by atoms with Crippen molar-refractivity contribution < 1.29 is 14.6 Å². The molecule has 0 unspecified atom stereocenters. The summed E-state index contributed by atoms with van der Waals surface area (Å²) in [6.07, 6.45) is 3.37. The van der Waals surface area contributed by atoms with Crippen LogP contribution in [0.15, 0.2) is 42.5 Å². The zero-order chi connectivity index (χ0) is 14.8. The Morgan fingerprint density at radius 3 is 2.45 bits per heavy atom. The fourth-order valence-corrected chi connectivity index (χ4v) is 2.26. The van der Waals surface area contributed by atoms with E-state index >= 15 is 0 Å². The average Bonchev–Trinajstić information content (AvgIpc) is 2.81. The summed E-state index contributed by atoms with van der Waals surface area (Å²) in [5.41, 5.74) is 0.451. The second-order valence-electron chi connectivity index (χ2n) is 5.88. The van der Waals surface area contributed by atoms with E-state index in [2.05, 4.69) is 0 Å². The van der Waals surface area contributed by atoms with Crippen LogP contribution in [0.4, 0.5) is 4.79 Å². The number of ether oxygens (including phenoxy) is 1. The van der Waals surface area contributed by atoms with E-state index in [4.69, 9.17) is 4.74 Å². The quantitative estimate of drug-likeness (QED) is 0.844. The summed E-state index contributed by atoms with van der Waals surface area (Å²) in [6, 6.07) is 9.20. The number of benzene rings is 1. The molecule has 2 atom stereocenters. The predicted octanol–water partition coefficient (Wildman–Crippen LogP) is 2.90. The topological polar surface area (TPSA) is 49.8 Å². The van der Waals surface area contributed by atoms with Crippen molar-refractivity contribution in [3.63, 3.8) is 0 Å². The summed E-state index contributed by atoms with van der Waals surface area (Å²) >= 11 is 0. The first-order valence-corrected chi connectivity index (χ1v) is 6.78. The van der Waals surface area contributed by atoms with E-state index in [9.17, 15) is 9.90 Å². The van der Waals surface area contributed by atoms with Gasteiger partial charge in [-0.3, -0.25) is 4.90 Å². The van der Waals surface area contributed by atoms with Crippen LogP contribution in [0.3, 0.4) is 0 Å². The minimum atomic E-state index is -0.555. The second-order valence-corrected chi connectivity index (χ2v) is 5.88. The lowest BCUT2D eigenvalue weighted by Crippen LogP contribution is -2.43. The van der Waals surface area contributed by atoms with Gasteiger partial charge in [0.05, 0.1) is 18.7 Å². The molecule has 1 aromatic rings. The Morgan fingerprint density at radius 2 is 1.90 bits per heavy atom. The molecule has 20 heavy (non-hydrogen) atoms. The number of hydrogen-bond donors (Lipinski definition) is 1. The fourth-order valence-electron chi connectivity index (χ4n) is 2.26. The Labute approximate surface area is 119 Å². The first kappa shape index (κ1) is 14.6. The largest absolute Gasteiger partial charge is 0.444 e. The first-order valence-electron chi connectivity index (χ1n) is 6.78. The van der Waals surface area contributed by atoms with Gasteiger partial charge in [0.25, 0.3) is 0 Å². The number of hydrogen-bond acceptors (Lipinski definition) is 3. The third-order valence-corrected chi connectivity index (χ3v) is 3.11. The monoisotopic (exact) mass is 275 g/mol. The summed E-state index contributed by atoms with van der Waals surface area (Å²) in [7, 11) is 0. The standard InChI is InChI=1S/C16H21NO3/c1-16(2,3)20-15(19)17-13(11-18)9-10-14(17)12-7-5-4-6-8-12/h4-10,13-14,18H,11H2,1-3H3/t13-,14-/m0/s1. The molecule has 1 aromatic carbocycles. The summed E-state index contributed by atoms with van der Waals surface area (Å²) in [5, 5.41) is 9.45. The van der Waals surface area contributed by atoms with Gasteiger partial charge in [-0.2, -0.15) is 0 Å². The molecule has 0 aromatic heterocycles. The van der Waals surface area contributed by atoms with Gasteiger partial charge < -0.3 is 9.84 Å².